The molecule has 0 amide bonds. The van der Waals surface area contributed by atoms with Crippen molar-refractivity contribution in [1.29, 1.82) is 0 Å². The number of hydrogen-bond acceptors (Lipinski definition) is 0. The summed E-state index contributed by atoms with van der Waals surface area (Å²) < 4.78 is 4.54. The molecule has 1 nitrogen and oxygen atoms in total. The summed E-state index contributed by atoms with van der Waals surface area (Å²) >= 11 is 7.38. The highest BCUT2D eigenvalue weighted by Crippen LogP contribution is 2.38. The standard InChI is InChI=1S/C24H15Br2N/c25-18-12-13-22-20(15-18)24-21(26)10-5-11-23(24)27(22)19-9-4-8-17(14-19)16-6-2-1-3-7-16/h1-15H. The largest absolute Gasteiger partial charge is 0.309 e. The Hall–Kier alpha value is -2.36. The van der Waals surface area contributed by atoms with Gasteiger partial charge < -0.3 is 4.57 Å². The van der Waals surface area contributed by atoms with Crippen molar-refractivity contribution in [3.8, 4) is 16.8 Å². The van der Waals surface area contributed by atoms with Crippen LogP contribution in [0.3, 0.4) is 0 Å². The van der Waals surface area contributed by atoms with Crippen molar-refractivity contribution in [2.45, 2.75) is 0 Å². The highest BCUT2D eigenvalue weighted by molar-refractivity contribution is 9.11. The van der Waals surface area contributed by atoms with Gasteiger partial charge in [-0.1, -0.05) is 80.4 Å². The molecule has 0 radical (unpaired) electrons. The Labute approximate surface area is 174 Å². The molecule has 0 aliphatic carbocycles. The van der Waals surface area contributed by atoms with Crippen molar-refractivity contribution in [1.82, 2.24) is 4.57 Å². The van der Waals surface area contributed by atoms with Gasteiger partial charge in [0.1, 0.15) is 0 Å². The van der Waals surface area contributed by atoms with Gasteiger partial charge in [0, 0.05) is 25.4 Å². The molecule has 0 aliphatic rings. The van der Waals surface area contributed by atoms with Crippen molar-refractivity contribution in [2.24, 2.45) is 0 Å². The smallest absolute Gasteiger partial charge is 0.0552 e. The zero-order chi connectivity index (χ0) is 18.4. The quantitative estimate of drug-likeness (QED) is 0.243. The van der Waals surface area contributed by atoms with Crippen LogP contribution in [0.2, 0.25) is 0 Å². The third kappa shape index (κ3) is 2.82. The second-order valence-corrected chi connectivity index (χ2v) is 8.32. The lowest BCUT2D eigenvalue weighted by Gasteiger charge is -2.10. The Kier molecular flexibility index (Phi) is 4.14. The molecule has 0 saturated carbocycles. The van der Waals surface area contributed by atoms with Crippen LogP contribution in [0.4, 0.5) is 0 Å². The molecule has 4 aromatic carbocycles. The molecule has 1 aromatic heterocycles. The lowest BCUT2D eigenvalue weighted by molar-refractivity contribution is 1.18. The summed E-state index contributed by atoms with van der Waals surface area (Å²) in [6.45, 7) is 0. The highest BCUT2D eigenvalue weighted by Gasteiger charge is 2.15. The van der Waals surface area contributed by atoms with E-state index in [1.807, 2.05) is 0 Å². The maximum Gasteiger partial charge on any atom is 0.0552 e. The van der Waals surface area contributed by atoms with Crippen molar-refractivity contribution >= 4 is 53.7 Å². The number of fused-ring (bicyclic) bond motifs is 3. The molecule has 0 spiro atoms. The minimum absolute atomic E-state index is 1.09. The van der Waals surface area contributed by atoms with E-state index in [0.717, 1.165) is 14.6 Å². The summed E-state index contributed by atoms with van der Waals surface area (Å²) in [5.74, 6) is 0. The van der Waals surface area contributed by atoms with Gasteiger partial charge in [0.25, 0.3) is 0 Å². The summed E-state index contributed by atoms with van der Waals surface area (Å²) in [7, 11) is 0. The van der Waals surface area contributed by atoms with Crippen LogP contribution in [0.5, 0.6) is 0 Å². The normalized spacial score (nSPS) is 11.3. The van der Waals surface area contributed by atoms with Crippen LogP contribution in [-0.4, -0.2) is 4.57 Å². The summed E-state index contributed by atoms with van der Waals surface area (Å²) in [5, 5.41) is 2.47. The van der Waals surface area contributed by atoms with E-state index in [2.05, 4.69) is 127 Å². The van der Waals surface area contributed by atoms with Crippen LogP contribution >= 0.6 is 31.9 Å². The first-order valence-corrected chi connectivity index (χ1v) is 10.3. The molecule has 0 fully saturated rings. The molecule has 5 rings (SSSR count). The van der Waals surface area contributed by atoms with Crippen molar-refractivity contribution in [3.05, 3.63) is 99.9 Å². The average molecular weight is 477 g/mol. The summed E-state index contributed by atoms with van der Waals surface area (Å²) in [6, 6.07) is 32.1. The molecule has 1 heterocycles. The number of aromatic nitrogens is 1. The molecule has 0 aliphatic heterocycles. The first kappa shape index (κ1) is 16.8. The van der Waals surface area contributed by atoms with Crippen LogP contribution < -0.4 is 0 Å². The second-order valence-electron chi connectivity index (χ2n) is 6.55. The predicted octanol–water partition coefficient (Wildman–Crippen LogP) is 7.98. The summed E-state index contributed by atoms with van der Waals surface area (Å²) in [6.07, 6.45) is 0. The number of benzene rings is 4. The lowest BCUT2D eigenvalue weighted by Crippen LogP contribution is -1.94. The van der Waals surface area contributed by atoms with E-state index in [1.165, 1.54) is 32.9 Å². The van der Waals surface area contributed by atoms with E-state index < -0.39 is 0 Å². The minimum atomic E-state index is 1.09. The molecule has 0 bridgehead atoms. The average Bonchev–Trinajstić information content (AvgIpc) is 3.03. The molecular formula is C24H15Br2N. The minimum Gasteiger partial charge on any atom is -0.309 e. The number of rotatable bonds is 2. The Morgan fingerprint density at radius 2 is 1.37 bits per heavy atom. The maximum absolute atomic E-state index is 3.75. The first-order valence-electron chi connectivity index (χ1n) is 8.76. The molecule has 27 heavy (non-hydrogen) atoms. The second kappa shape index (κ2) is 6.66. The molecule has 0 unspecified atom stereocenters. The van der Waals surface area contributed by atoms with Crippen molar-refractivity contribution in [3.63, 3.8) is 0 Å². The number of nitrogens with zero attached hydrogens (tertiary/aromatic N) is 1. The SMILES string of the molecule is Brc1ccc2c(c1)c1c(Br)cccc1n2-c1cccc(-c2ccccc2)c1. The fourth-order valence-corrected chi connectivity index (χ4v) is 4.66. The van der Waals surface area contributed by atoms with Crippen LogP contribution in [0, 0.1) is 0 Å². The van der Waals surface area contributed by atoms with Crippen molar-refractivity contribution < 1.29 is 0 Å². The van der Waals surface area contributed by atoms with Crippen LogP contribution in [-0.2, 0) is 0 Å². The van der Waals surface area contributed by atoms with Gasteiger partial charge in [0.05, 0.1) is 11.0 Å². The van der Waals surface area contributed by atoms with Crippen LogP contribution in [0.1, 0.15) is 0 Å². The lowest BCUT2D eigenvalue weighted by atomic mass is 10.1. The number of hydrogen-bond donors (Lipinski definition) is 0. The van der Waals surface area contributed by atoms with E-state index in [0.29, 0.717) is 0 Å². The Morgan fingerprint density at radius 3 is 2.22 bits per heavy atom. The monoisotopic (exact) mass is 475 g/mol. The molecular weight excluding hydrogens is 462 g/mol. The molecule has 0 saturated heterocycles. The molecule has 0 N–H and O–H groups in total. The fourth-order valence-electron chi connectivity index (χ4n) is 3.73. The van der Waals surface area contributed by atoms with Gasteiger partial charge >= 0.3 is 0 Å². The van der Waals surface area contributed by atoms with Crippen LogP contribution in [0.15, 0.2) is 99.9 Å². The zero-order valence-electron chi connectivity index (χ0n) is 14.4. The van der Waals surface area contributed by atoms with Gasteiger partial charge in [-0.15, -0.1) is 0 Å². The van der Waals surface area contributed by atoms with E-state index in [-0.39, 0.29) is 0 Å². The topological polar surface area (TPSA) is 4.93 Å². The predicted molar refractivity (Wildman–Crippen MR) is 122 cm³/mol. The highest BCUT2D eigenvalue weighted by atomic mass is 79.9. The van der Waals surface area contributed by atoms with Gasteiger partial charge in [0.2, 0.25) is 0 Å². The third-order valence-electron chi connectivity index (χ3n) is 4.91. The van der Waals surface area contributed by atoms with E-state index in [4.69, 9.17) is 0 Å². The van der Waals surface area contributed by atoms with E-state index in [1.54, 1.807) is 0 Å². The molecule has 130 valence electrons. The fraction of sp³-hybridized carbons (Fsp3) is 0. The van der Waals surface area contributed by atoms with Gasteiger partial charge in [-0.05, 0) is 53.6 Å². The van der Waals surface area contributed by atoms with Gasteiger partial charge in [-0.25, -0.2) is 0 Å². The summed E-state index contributed by atoms with van der Waals surface area (Å²) in [4.78, 5) is 0. The van der Waals surface area contributed by atoms with E-state index in [9.17, 15) is 0 Å². The van der Waals surface area contributed by atoms with Gasteiger partial charge in [0.15, 0.2) is 0 Å². The van der Waals surface area contributed by atoms with Crippen molar-refractivity contribution in [2.75, 3.05) is 0 Å². The number of halogens is 2. The molecule has 0 atom stereocenters. The maximum atomic E-state index is 3.75. The Bertz CT molecular complexity index is 1290. The first-order chi connectivity index (χ1) is 13.2. The zero-order valence-corrected chi connectivity index (χ0v) is 17.5. The van der Waals surface area contributed by atoms with Gasteiger partial charge in [-0.2, -0.15) is 0 Å². The Balaban J connectivity index is 1.84. The van der Waals surface area contributed by atoms with Crippen LogP contribution in [0.25, 0.3) is 38.6 Å². The van der Waals surface area contributed by atoms with Gasteiger partial charge in [-0.3, -0.25) is 0 Å². The molecule has 5 aromatic rings. The third-order valence-corrected chi connectivity index (χ3v) is 6.07. The molecule has 3 heteroatoms. The summed E-state index contributed by atoms with van der Waals surface area (Å²) in [5.41, 5.74) is 6.00. The van der Waals surface area contributed by atoms with E-state index >= 15 is 0 Å². The Morgan fingerprint density at radius 1 is 0.593 bits per heavy atom.